The molecule has 0 spiro atoms. The van der Waals surface area contributed by atoms with Gasteiger partial charge >= 0.3 is 0 Å². The van der Waals surface area contributed by atoms with E-state index in [4.69, 9.17) is 11.6 Å². The van der Waals surface area contributed by atoms with Crippen molar-refractivity contribution >= 4 is 28.6 Å². The zero-order chi connectivity index (χ0) is 16.4. The van der Waals surface area contributed by atoms with E-state index in [0.717, 1.165) is 27.9 Å². The second-order valence-electron chi connectivity index (χ2n) is 5.22. The minimum Gasteiger partial charge on any atom is -0.350 e. The first-order valence-corrected chi connectivity index (χ1v) is 7.77. The summed E-state index contributed by atoms with van der Waals surface area (Å²) in [5.41, 5.74) is 3.53. The fourth-order valence-corrected chi connectivity index (χ4v) is 2.67. The number of H-pyrrole nitrogens is 1. The molecule has 118 valence electrons. The minimum absolute atomic E-state index is 0.381. The van der Waals surface area contributed by atoms with E-state index in [2.05, 4.69) is 30.2 Å². The average Bonchev–Trinajstić information content (AvgIpc) is 3.05. The lowest BCUT2D eigenvalue weighted by Crippen LogP contribution is -2.04. The van der Waals surface area contributed by atoms with Crippen LogP contribution in [0.5, 0.6) is 0 Å². The Hall–Kier alpha value is -2.99. The summed E-state index contributed by atoms with van der Waals surface area (Å²) in [5, 5.41) is 4.55. The number of nitrogens with zero attached hydrogens (tertiary/aromatic N) is 4. The number of nitrogens with one attached hydrogen (secondary N) is 2. The molecule has 7 heteroatoms. The van der Waals surface area contributed by atoms with Crippen molar-refractivity contribution in [2.75, 3.05) is 5.32 Å². The van der Waals surface area contributed by atoms with Crippen LogP contribution in [0.25, 0.3) is 22.3 Å². The molecule has 0 aromatic carbocycles. The molecule has 0 saturated heterocycles. The van der Waals surface area contributed by atoms with E-state index >= 15 is 0 Å². The van der Waals surface area contributed by atoms with Crippen molar-refractivity contribution < 1.29 is 0 Å². The van der Waals surface area contributed by atoms with Crippen molar-refractivity contribution in [2.24, 2.45) is 0 Å². The number of hydrogen-bond donors (Lipinski definition) is 2. The molecular formula is C17H13ClN6. The Morgan fingerprint density at radius 3 is 2.92 bits per heavy atom. The monoisotopic (exact) mass is 336 g/mol. The molecule has 0 fully saturated rings. The van der Waals surface area contributed by atoms with E-state index in [1.165, 1.54) is 0 Å². The van der Waals surface area contributed by atoms with Gasteiger partial charge in [0.15, 0.2) is 0 Å². The van der Waals surface area contributed by atoms with Crippen molar-refractivity contribution in [1.29, 1.82) is 0 Å². The predicted molar refractivity (Wildman–Crippen MR) is 93.7 cm³/mol. The number of aromatic nitrogens is 5. The summed E-state index contributed by atoms with van der Waals surface area (Å²) < 4.78 is 0. The van der Waals surface area contributed by atoms with Gasteiger partial charge in [0.2, 0.25) is 5.95 Å². The molecule has 4 aromatic heterocycles. The highest BCUT2D eigenvalue weighted by molar-refractivity contribution is 6.29. The van der Waals surface area contributed by atoms with E-state index in [1.54, 1.807) is 24.7 Å². The second kappa shape index (κ2) is 6.25. The molecule has 4 aromatic rings. The molecule has 4 heterocycles. The van der Waals surface area contributed by atoms with Crippen molar-refractivity contribution in [2.45, 2.75) is 6.54 Å². The van der Waals surface area contributed by atoms with Crippen LogP contribution in [0.2, 0.25) is 5.15 Å². The zero-order valence-electron chi connectivity index (χ0n) is 12.6. The second-order valence-corrected chi connectivity index (χ2v) is 5.60. The molecule has 2 N–H and O–H groups in total. The van der Waals surface area contributed by atoms with Crippen molar-refractivity contribution in [3.8, 4) is 11.3 Å². The Bertz CT molecular complexity index is 983. The SMILES string of the molecule is Clc1cc(-c2c[nH]c3ncccc23)nc(NCc2cccnc2)n1. The van der Waals surface area contributed by atoms with Crippen molar-refractivity contribution in [3.63, 3.8) is 0 Å². The van der Waals surface area contributed by atoms with Crippen LogP contribution in [-0.4, -0.2) is 24.9 Å². The third-order valence-electron chi connectivity index (χ3n) is 3.60. The molecule has 0 amide bonds. The first kappa shape index (κ1) is 14.6. The highest BCUT2D eigenvalue weighted by Gasteiger charge is 2.11. The van der Waals surface area contributed by atoms with Gasteiger partial charge in [0.25, 0.3) is 0 Å². The van der Waals surface area contributed by atoms with Crippen LogP contribution < -0.4 is 5.32 Å². The number of rotatable bonds is 4. The van der Waals surface area contributed by atoms with Crippen LogP contribution in [0.4, 0.5) is 5.95 Å². The molecule has 4 rings (SSSR count). The number of aromatic amines is 1. The topological polar surface area (TPSA) is 79.4 Å². The Morgan fingerprint density at radius 1 is 1.12 bits per heavy atom. The van der Waals surface area contributed by atoms with Gasteiger partial charge in [-0.15, -0.1) is 0 Å². The van der Waals surface area contributed by atoms with E-state index < -0.39 is 0 Å². The summed E-state index contributed by atoms with van der Waals surface area (Å²) in [4.78, 5) is 20.3. The predicted octanol–water partition coefficient (Wildman–Crippen LogP) is 3.68. The van der Waals surface area contributed by atoms with Gasteiger partial charge < -0.3 is 10.3 Å². The van der Waals surface area contributed by atoms with Crippen molar-refractivity contribution in [1.82, 2.24) is 24.9 Å². The minimum atomic E-state index is 0.381. The van der Waals surface area contributed by atoms with Gasteiger partial charge in [0, 0.05) is 48.3 Å². The Balaban J connectivity index is 1.66. The maximum absolute atomic E-state index is 6.17. The van der Waals surface area contributed by atoms with E-state index in [-0.39, 0.29) is 0 Å². The molecule has 0 saturated carbocycles. The Labute approximate surface area is 143 Å². The maximum atomic E-state index is 6.17. The molecule has 0 atom stereocenters. The van der Waals surface area contributed by atoms with Crippen LogP contribution in [0, 0.1) is 0 Å². The summed E-state index contributed by atoms with van der Waals surface area (Å²) in [5.74, 6) is 0.472. The normalized spacial score (nSPS) is 10.9. The summed E-state index contributed by atoms with van der Waals surface area (Å²) >= 11 is 6.17. The highest BCUT2D eigenvalue weighted by atomic mass is 35.5. The zero-order valence-corrected chi connectivity index (χ0v) is 13.3. The van der Waals surface area contributed by atoms with Crippen LogP contribution in [0.1, 0.15) is 5.56 Å². The van der Waals surface area contributed by atoms with E-state index in [0.29, 0.717) is 17.6 Å². The van der Waals surface area contributed by atoms with Gasteiger partial charge in [-0.1, -0.05) is 17.7 Å². The van der Waals surface area contributed by atoms with E-state index in [9.17, 15) is 0 Å². The molecule has 0 aliphatic rings. The fourth-order valence-electron chi connectivity index (χ4n) is 2.49. The molecule has 0 unspecified atom stereocenters. The molecule has 0 aliphatic carbocycles. The van der Waals surface area contributed by atoms with Crippen LogP contribution in [-0.2, 0) is 6.54 Å². The standard InChI is InChI=1S/C17H13ClN6/c18-15-7-14(13-10-21-16-12(13)4-2-6-20-16)23-17(24-15)22-9-11-3-1-5-19-8-11/h1-8,10H,9H2,(H,20,21)(H,22,23,24). The largest absolute Gasteiger partial charge is 0.350 e. The van der Waals surface area contributed by atoms with Gasteiger partial charge in [-0.3, -0.25) is 4.98 Å². The molecule has 24 heavy (non-hydrogen) atoms. The van der Waals surface area contributed by atoms with Gasteiger partial charge in [-0.05, 0) is 23.8 Å². The number of fused-ring (bicyclic) bond motifs is 1. The highest BCUT2D eigenvalue weighted by Crippen LogP contribution is 2.28. The lowest BCUT2D eigenvalue weighted by Gasteiger charge is -2.07. The summed E-state index contributed by atoms with van der Waals surface area (Å²) in [7, 11) is 0. The number of halogens is 1. The molecule has 0 radical (unpaired) electrons. The van der Waals surface area contributed by atoms with Gasteiger partial charge in [-0.2, -0.15) is 0 Å². The van der Waals surface area contributed by atoms with E-state index in [1.807, 2.05) is 30.5 Å². The summed E-state index contributed by atoms with van der Waals surface area (Å²) in [6.45, 7) is 0.572. The lowest BCUT2D eigenvalue weighted by atomic mass is 10.1. The van der Waals surface area contributed by atoms with Crippen LogP contribution in [0.15, 0.2) is 55.1 Å². The summed E-state index contributed by atoms with van der Waals surface area (Å²) in [6, 6.07) is 9.50. The third-order valence-corrected chi connectivity index (χ3v) is 3.79. The van der Waals surface area contributed by atoms with Gasteiger partial charge in [0.05, 0.1) is 5.69 Å². The first-order chi connectivity index (χ1) is 11.8. The average molecular weight is 337 g/mol. The van der Waals surface area contributed by atoms with Crippen LogP contribution >= 0.6 is 11.6 Å². The third kappa shape index (κ3) is 2.91. The molecule has 6 nitrogen and oxygen atoms in total. The van der Waals surface area contributed by atoms with Gasteiger partial charge in [-0.25, -0.2) is 15.0 Å². The number of pyridine rings is 2. The number of anilines is 1. The number of hydrogen-bond acceptors (Lipinski definition) is 5. The molecule has 0 aliphatic heterocycles. The Morgan fingerprint density at radius 2 is 2.04 bits per heavy atom. The summed E-state index contributed by atoms with van der Waals surface area (Å²) in [6.07, 6.45) is 7.16. The Kier molecular flexibility index (Phi) is 3.80. The molecular weight excluding hydrogens is 324 g/mol. The van der Waals surface area contributed by atoms with Crippen molar-refractivity contribution in [3.05, 3.63) is 65.8 Å². The lowest BCUT2D eigenvalue weighted by molar-refractivity contribution is 1.04. The smallest absolute Gasteiger partial charge is 0.224 e. The quantitative estimate of drug-likeness (QED) is 0.556. The first-order valence-electron chi connectivity index (χ1n) is 7.39. The molecule has 0 bridgehead atoms. The maximum Gasteiger partial charge on any atom is 0.224 e. The van der Waals surface area contributed by atoms with Gasteiger partial charge in [0.1, 0.15) is 10.8 Å². The van der Waals surface area contributed by atoms with Crippen LogP contribution in [0.3, 0.4) is 0 Å². The fraction of sp³-hybridized carbons (Fsp3) is 0.0588.